The Hall–Kier alpha value is -1.82. The molecule has 0 radical (unpaired) electrons. The maximum absolute atomic E-state index is 10.9. The highest BCUT2D eigenvalue weighted by molar-refractivity contribution is 7.80. The summed E-state index contributed by atoms with van der Waals surface area (Å²) in [6, 6.07) is 7.80. The van der Waals surface area contributed by atoms with E-state index in [4.69, 9.17) is 23.1 Å². The molecule has 1 heterocycles. The predicted octanol–water partition coefficient (Wildman–Crippen LogP) is 1.64. The zero-order valence-corrected chi connectivity index (χ0v) is 11.3. The second-order valence-corrected chi connectivity index (χ2v) is 5.08. The molecule has 0 spiro atoms. The van der Waals surface area contributed by atoms with Crippen LogP contribution in [0.25, 0.3) is 0 Å². The van der Waals surface area contributed by atoms with Gasteiger partial charge in [0.2, 0.25) is 0 Å². The summed E-state index contributed by atoms with van der Waals surface area (Å²) in [5, 5.41) is 12.1. The van der Waals surface area contributed by atoms with Gasteiger partial charge in [-0.3, -0.25) is 4.79 Å². The van der Waals surface area contributed by atoms with Gasteiger partial charge < -0.3 is 21.1 Å². The fourth-order valence-corrected chi connectivity index (χ4v) is 2.40. The number of carbonyl (C=O) groups is 1. The number of hydrogen-bond donors (Lipinski definition) is 3. The third-order valence-corrected chi connectivity index (χ3v) is 3.45. The number of nitrogens with two attached hydrogens (primary N) is 1. The van der Waals surface area contributed by atoms with Crippen LogP contribution in [0.2, 0.25) is 0 Å². The molecule has 1 aromatic rings. The van der Waals surface area contributed by atoms with Gasteiger partial charge in [0, 0.05) is 24.5 Å². The van der Waals surface area contributed by atoms with Gasteiger partial charge in [-0.15, -0.1) is 0 Å². The van der Waals surface area contributed by atoms with Crippen LogP contribution in [0, 0.1) is 5.92 Å². The molecule has 6 heteroatoms. The zero-order chi connectivity index (χ0) is 13.8. The molecular weight excluding hydrogens is 262 g/mol. The molecule has 0 amide bonds. The second kappa shape index (κ2) is 5.88. The molecular formula is C13H17N3O2S. The number of aliphatic carboxylic acids is 1. The Bertz CT molecular complexity index is 467. The van der Waals surface area contributed by atoms with Crippen LogP contribution < -0.4 is 16.0 Å². The Kier molecular flexibility index (Phi) is 4.21. The van der Waals surface area contributed by atoms with Gasteiger partial charge in [-0.25, -0.2) is 0 Å². The first-order valence-electron chi connectivity index (χ1n) is 6.20. The summed E-state index contributed by atoms with van der Waals surface area (Å²) in [6.45, 7) is 1.55. The average molecular weight is 279 g/mol. The van der Waals surface area contributed by atoms with Crippen molar-refractivity contribution in [2.75, 3.05) is 23.3 Å². The molecule has 4 N–H and O–H groups in total. The van der Waals surface area contributed by atoms with Gasteiger partial charge in [0.25, 0.3) is 0 Å². The zero-order valence-electron chi connectivity index (χ0n) is 10.5. The van der Waals surface area contributed by atoms with Crippen molar-refractivity contribution in [1.29, 1.82) is 0 Å². The van der Waals surface area contributed by atoms with E-state index in [1.165, 1.54) is 0 Å². The first-order valence-corrected chi connectivity index (χ1v) is 6.61. The normalized spacial score (nSPS) is 16.1. The van der Waals surface area contributed by atoms with Gasteiger partial charge in [-0.2, -0.15) is 0 Å². The summed E-state index contributed by atoms with van der Waals surface area (Å²) in [7, 11) is 0. The summed E-state index contributed by atoms with van der Waals surface area (Å²) in [5.74, 6) is -0.887. The molecule has 0 unspecified atom stereocenters. The van der Waals surface area contributed by atoms with Crippen molar-refractivity contribution in [3.8, 4) is 0 Å². The van der Waals surface area contributed by atoms with Crippen molar-refractivity contribution >= 4 is 34.7 Å². The van der Waals surface area contributed by atoms with E-state index in [2.05, 4.69) is 10.2 Å². The topological polar surface area (TPSA) is 78.6 Å². The molecule has 0 bridgehead atoms. The summed E-state index contributed by atoms with van der Waals surface area (Å²) in [4.78, 5) is 13.1. The van der Waals surface area contributed by atoms with Crippen LogP contribution in [0.4, 0.5) is 11.4 Å². The molecule has 1 aliphatic rings. The fourth-order valence-electron chi connectivity index (χ4n) is 2.28. The Morgan fingerprint density at radius 2 is 1.89 bits per heavy atom. The van der Waals surface area contributed by atoms with Crippen molar-refractivity contribution in [3.05, 3.63) is 24.3 Å². The van der Waals surface area contributed by atoms with E-state index in [1.54, 1.807) is 0 Å². The number of nitrogens with zero attached hydrogens (tertiary/aromatic N) is 1. The predicted molar refractivity (Wildman–Crippen MR) is 79.4 cm³/mol. The lowest BCUT2D eigenvalue weighted by Gasteiger charge is -2.32. The number of benzene rings is 1. The van der Waals surface area contributed by atoms with Crippen LogP contribution in [-0.2, 0) is 4.79 Å². The molecule has 2 rings (SSSR count). The van der Waals surface area contributed by atoms with Gasteiger partial charge in [0.05, 0.1) is 5.92 Å². The molecule has 1 aromatic carbocycles. The second-order valence-electron chi connectivity index (χ2n) is 4.64. The number of nitrogens with one attached hydrogen (secondary N) is 1. The van der Waals surface area contributed by atoms with Crippen LogP contribution in [0.1, 0.15) is 12.8 Å². The maximum atomic E-state index is 10.9. The first kappa shape index (κ1) is 13.6. The number of hydrogen-bond acceptors (Lipinski definition) is 3. The summed E-state index contributed by atoms with van der Waals surface area (Å²) >= 11 is 4.77. The molecule has 102 valence electrons. The monoisotopic (exact) mass is 279 g/mol. The van der Waals surface area contributed by atoms with Crippen molar-refractivity contribution < 1.29 is 9.90 Å². The quantitative estimate of drug-likeness (QED) is 0.730. The molecule has 0 saturated carbocycles. The van der Waals surface area contributed by atoms with E-state index in [0.717, 1.165) is 24.5 Å². The van der Waals surface area contributed by atoms with Crippen molar-refractivity contribution in [2.45, 2.75) is 12.8 Å². The highest BCUT2D eigenvalue weighted by Gasteiger charge is 2.24. The number of thiocarbonyl (C=S) groups is 1. The lowest BCUT2D eigenvalue weighted by atomic mass is 9.97. The number of carboxylic acid groups (broad SMARTS) is 1. The molecule has 5 nitrogen and oxygen atoms in total. The standard InChI is InChI=1S/C13H17N3O2S/c14-13(19)15-10-1-3-11(4-2-10)16-7-5-9(6-8-16)12(17)18/h1-4,9H,5-8H2,(H,17,18)(H3,14,15,19). The molecule has 0 atom stereocenters. The molecule has 0 aromatic heterocycles. The molecule has 0 aliphatic carbocycles. The molecule has 1 aliphatic heterocycles. The number of rotatable bonds is 3. The summed E-state index contributed by atoms with van der Waals surface area (Å²) < 4.78 is 0. The number of piperidine rings is 1. The molecule has 1 fully saturated rings. The summed E-state index contributed by atoms with van der Waals surface area (Å²) in [5.41, 5.74) is 7.36. The third kappa shape index (κ3) is 3.57. The van der Waals surface area contributed by atoms with Gasteiger partial charge in [0.1, 0.15) is 0 Å². The van der Waals surface area contributed by atoms with E-state index in [-0.39, 0.29) is 11.0 Å². The molecule has 19 heavy (non-hydrogen) atoms. The van der Waals surface area contributed by atoms with Crippen LogP contribution >= 0.6 is 12.2 Å². The van der Waals surface area contributed by atoms with Crippen molar-refractivity contribution in [1.82, 2.24) is 0 Å². The minimum absolute atomic E-state index is 0.202. The Morgan fingerprint density at radius 3 is 2.37 bits per heavy atom. The third-order valence-electron chi connectivity index (χ3n) is 3.34. The van der Waals surface area contributed by atoms with Gasteiger partial charge >= 0.3 is 5.97 Å². The minimum Gasteiger partial charge on any atom is -0.481 e. The minimum atomic E-state index is -0.685. The van der Waals surface area contributed by atoms with E-state index in [0.29, 0.717) is 12.8 Å². The maximum Gasteiger partial charge on any atom is 0.306 e. The van der Waals surface area contributed by atoms with Crippen molar-refractivity contribution in [3.63, 3.8) is 0 Å². The van der Waals surface area contributed by atoms with E-state index < -0.39 is 5.97 Å². The Morgan fingerprint density at radius 1 is 1.32 bits per heavy atom. The van der Waals surface area contributed by atoms with Gasteiger partial charge in [0.15, 0.2) is 5.11 Å². The Balaban J connectivity index is 1.96. The SMILES string of the molecule is NC(=S)Nc1ccc(N2CCC(C(=O)O)CC2)cc1. The van der Waals surface area contributed by atoms with Crippen LogP contribution in [0.5, 0.6) is 0 Å². The lowest BCUT2D eigenvalue weighted by molar-refractivity contribution is -0.142. The smallest absolute Gasteiger partial charge is 0.306 e. The van der Waals surface area contributed by atoms with E-state index >= 15 is 0 Å². The lowest BCUT2D eigenvalue weighted by Crippen LogP contribution is -2.36. The van der Waals surface area contributed by atoms with Gasteiger partial charge in [-0.1, -0.05) is 0 Å². The van der Waals surface area contributed by atoms with Crippen molar-refractivity contribution in [2.24, 2.45) is 11.7 Å². The highest BCUT2D eigenvalue weighted by atomic mass is 32.1. The molecule has 1 saturated heterocycles. The van der Waals surface area contributed by atoms with Crippen LogP contribution in [0.15, 0.2) is 24.3 Å². The van der Waals surface area contributed by atoms with Crippen LogP contribution in [-0.4, -0.2) is 29.3 Å². The van der Waals surface area contributed by atoms with Crippen LogP contribution in [0.3, 0.4) is 0 Å². The van der Waals surface area contributed by atoms with E-state index in [9.17, 15) is 4.79 Å². The first-order chi connectivity index (χ1) is 9.06. The average Bonchev–Trinajstić information content (AvgIpc) is 2.39. The highest BCUT2D eigenvalue weighted by Crippen LogP contribution is 2.24. The number of anilines is 2. The number of carboxylic acids is 1. The Labute approximate surface area is 117 Å². The summed E-state index contributed by atoms with van der Waals surface area (Å²) in [6.07, 6.45) is 1.39. The van der Waals surface area contributed by atoms with Gasteiger partial charge in [-0.05, 0) is 49.3 Å². The largest absolute Gasteiger partial charge is 0.481 e. The fraction of sp³-hybridized carbons (Fsp3) is 0.385. The van der Waals surface area contributed by atoms with E-state index in [1.807, 2.05) is 24.3 Å².